The van der Waals surface area contributed by atoms with Crippen LogP contribution in [-0.2, 0) is 13.1 Å². The van der Waals surface area contributed by atoms with Gasteiger partial charge in [0.2, 0.25) is 0 Å². The number of hydrogen-bond donors (Lipinski definition) is 1. The summed E-state index contributed by atoms with van der Waals surface area (Å²) in [6.07, 6.45) is 5.48. The molecule has 198 valence electrons. The molecule has 0 atom stereocenters. The van der Waals surface area contributed by atoms with E-state index in [4.69, 9.17) is 11.6 Å². The molecule has 1 heterocycles. The Morgan fingerprint density at radius 2 is 1.69 bits per heavy atom. The number of aromatic nitrogens is 1. The summed E-state index contributed by atoms with van der Waals surface area (Å²) in [5.74, 6) is -0.204. The molecule has 6 nitrogen and oxygen atoms in total. The van der Waals surface area contributed by atoms with Gasteiger partial charge < -0.3 is 19.7 Å². The molecule has 0 saturated heterocycles. The number of rotatable bonds is 9. The fourth-order valence-corrected chi connectivity index (χ4v) is 5.87. The van der Waals surface area contributed by atoms with Gasteiger partial charge in [0, 0.05) is 59.2 Å². The lowest BCUT2D eigenvalue weighted by molar-refractivity contribution is 0.0950. The summed E-state index contributed by atoms with van der Waals surface area (Å²) in [5, 5.41) is 3.55. The van der Waals surface area contributed by atoms with Crippen molar-refractivity contribution >= 4 is 23.2 Å². The van der Waals surface area contributed by atoms with Crippen molar-refractivity contribution in [2.45, 2.75) is 91.9 Å². The maximum atomic E-state index is 13.3. The van der Waals surface area contributed by atoms with E-state index in [0.29, 0.717) is 34.8 Å². The number of nitrogens with zero attached hydrogens (tertiary/aromatic N) is 3. The highest BCUT2D eigenvalue weighted by Crippen LogP contribution is 2.34. The maximum absolute atomic E-state index is 13.3. The van der Waals surface area contributed by atoms with Crippen molar-refractivity contribution < 1.29 is 4.79 Å². The minimum atomic E-state index is -0.204. The Hall–Kier alpha value is -2.31. The van der Waals surface area contributed by atoms with E-state index >= 15 is 0 Å². The smallest absolute Gasteiger partial charge is 0.255 e. The first kappa shape index (κ1) is 28.3. The molecule has 0 bridgehead atoms. The Balaban J connectivity index is 1.83. The Labute approximate surface area is 221 Å². The first-order valence-corrected chi connectivity index (χ1v) is 13.7. The molecule has 7 heteroatoms. The molecule has 0 radical (unpaired) electrons. The van der Waals surface area contributed by atoms with Gasteiger partial charge in [-0.2, -0.15) is 0 Å². The summed E-state index contributed by atoms with van der Waals surface area (Å²) >= 11 is 6.54. The molecule has 1 aliphatic carbocycles. The van der Waals surface area contributed by atoms with Crippen molar-refractivity contribution in [2.75, 3.05) is 25.5 Å². The van der Waals surface area contributed by atoms with E-state index < -0.39 is 0 Å². The van der Waals surface area contributed by atoms with Crippen molar-refractivity contribution in [3.63, 3.8) is 0 Å². The molecule has 1 fully saturated rings. The van der Waals surface area contributed by atoms with Crippen LogP contribution in [-0.4, -0.2) is 48.1 Å². The Morgan fingerprint density at radius 3 is 2.28 bits per heavy atom. The zero-order valence-corrected chi connectivity index (χ0v) is 23.8. The number of halogens is 1. The van der Waals surface area contributed by atoms with Crippen LogP contribution in [0, 0.1) is 20.8 Å². The van der Waals surface area contributed by atoms with E-state index in [1.54, 1.807) is 10.6 Å². The van der Waals surface area contributed by atoms with Crippen LogP contribution in [0.15, 0.2) is 23.0 Å². The standard InChI is InChI=1S/C29H43ClN4O2/c1-8-14-34-20(4)15-19(3)26(29(34)36)18-31-28(35)25-16-22(30)17-27(21(25)5)33(9-2)24-12-10-23(11-13-24)32(6)7/h15-17,23-24H,8-14,18H2,1-7H3,(H,31,35). The molecule has 2 aromatic rings. The van der Waals surface area contributed by atoms with Crippen LogP contribution in [0.4, 0.5) is 5.69 Å². The number of anilines is 1. The normalized spacial score (nSPS) is 17.9. The quantitative estimate of drug-likeness (QED) is 0.482. The van der Waals surface area contributed by atoms with E-state index in [-0.39, 0.29) is 18.0 Å². The van der Waals surface area contributed by atoms with E-state index in [1.807, 2.05) is 32.9 Å². The van der Waals surface area contributed by atoms with Crippen molar-refractivity contribution in [1.29, 1.82) is 0 Å². The van der Waals surface area contributed by atoms with Crippen molar-refractivity contribution in [2.24, 2.45) is 0 Å². The predicted molar refractivity (Wildman–Crippen MR) is 151 cm³/mol. The van der Waals surface area contributed by atoms with Crippen molar-refractivity contribution in [1.82, 2.24) is 14.8 Å². The molecular formula is C29H43ClN4O2. The summed E-state index contributed by atoms with van der Waals surface area (Å²) in [4.78, 5) is 31.2. The number of carbonyl (C=O) groups excluding carboxylic acids is 1. The van der Waals surface area contributed by atoms with Crippen molar-refractivity contribution in [3.05, 3.63) is 61.5 Å². The third-order valence-electron chi connectivity index (χ3n) is 7.78. The fourth-order valence-electron chi connectivity index (χ4n) is 5.66. The number of amides is 1. The molecule has 1 aromatic heterocycles. The second-order valence-corrected chi connectivity index (χ2v) is 10.8. The number of hydrogen-bond acceptors (Lipinski definition) is 4. The average molecular weight is 515 g/mol. The van der Waals surface area contributed by atoms with Gasteiger partial charge in [-0.25, -0.2) is 0 Å². The topological polar surface area (TPSA) is 57.6 Å². The van der Waals surface area contributed by atoms with Gasteiger partial charge >= 0.3 is 0 Å². The van der Waals surface area contributed by atoms with Gasteiger partial charge in [-0.3, -0.25) is 9.59 Å². The summed E-state index contributed by atoms with van der Waals surface area (Å²) in [6, 6.07) is 6.82. The minimum Gasteiger partial charge on any atom is -0.369 e. The largest absolute Gasteiger partial charge is 0.369 e. The van der Waals surface area contributed by atoms with Gasteiger partial charge in [0.15, 0.2) is 0 Å². The second kappa shape index (κ2) is 12.3. The lowest BCUT2D eigenvalue weighted by Crippen LogP contribution is -2.42. The summed E-state index contributed by atoms with van der Waals surface area (Å²) in [7, 11) is 4.32. The van der Waals surface area contributed by atoms with Gasteiger partial charge in [0.25, 0.3) is 11.5 Å². The highest BCUT2D eigenvalue weighted by Gasteiger charge is 2.28. The van der Waals surface area contributed by atoms with Gasteiger partial charge in [-0.05, 0) is 103 Å². The monoisotopic (exact) mass is 514 g/mol. The van der Waals surface area contributed by atoms with Gasteiger partial charge in [-0.1, -0.05) is 18.5 Å². The molecule has 0 aliphatic heterocycles. The van der Waals surface area contributed by atoms with Crippen LogP contribution in [0.25, 0.3) is 0 Å². The second-order valence-electron chi connectivity index (χ2n) is 10.4. The predicted octanol–water partition coefficient (Wildman–Crippen LogP) is 5.47. The Morgan fingerprint density at radius 1 is 1.06 bits per heavy atom. The van der Waals surface area contributed by atoms with Crippen LogP contribution in [0.3, 0.4) is 0 Å². The zero-order chi connectivity index (χ0) is 26.6. The number of nitrogens with one attached hydrogen (secondary N) is 1. The lowest BCUT2D eigenvalue weighted by Gasteiger charge is -2.40. The van der Waals surface area contributed by atoms with E-state index in [0.717, 1.165) is 48.3 Å². The first-order chi connectivity index (χ1) is 17.1. The van der Waals surface area contributed by atoms with E-state index in [1.165, 1.54) is 12.8 Å². The molecule has 3 rings (SSSR count). The number of pyridine rings is 1. The highest BCUT2D eigenvalue weighted by molar-refractivity contribution is 6.31. The average Bonchev–Trinajstić information content (AvgIpc) is 2.84. The Bertz CT molecular complexity index is 1130. The molecule has 0 spiro atoms. The molecule has 1 aliphatic rings. The SMILES string of the molecule is CCCn1c(C)cc(C)c(CNC(=O)c2cc(Cl)cc(N(CC)C3CCC(N(C)C)CC3)c2C)c1=O. The van der Waals surface area contributed by atoms with Gasteiger partial charge in [-0.15, -0.1) is 0 Å². The first-order valence-electron chi connectivity index (χ1n) is 13.3. The number of carbonyl (C=O) groups is 1. The summed E-state index contributed by atoms with van der Waals surface area (Å²) in [6.45, 7) is 11.8. The molecule has 36 heavy (non-hydrogen) atoms. The van der Waals surface area contributed by atoms with Crippen LogP contribution in [0.5, 0.6) is 0 Å². The lowest BCUT2D eigenvalue weighted by atomic mass is 9.89. The fraction of sp³-hybridized carbons (Fsp3) is 0.586. The van der Waals surface area contributed by atoms with Gasteiger partial charge in [0.1, 0.15) is 0 Å². The molecule has 1 aromatic carbocycles. The Kier molecular flexibility index (Phi) is 9.65. The van der Waals surface area contributed by atoms with Gasteiger partial charge in [0.05, 0.1) is 0 Å². The maximum Gasteiger partial charge on any atom is 0.255 e. The third kappa shape index (κ3) is 6.15. The number of benzene rings is 1. The number of aryl methyl sites for hydroxylation is 2. The van der Waals surface area contributed by atoms with Crippen LogP contribution < -0.4 is 15.8 Å². The van der Waals surface area contributed by atoms with Crippen molar-refractivity contribution in [3.8, 4) is 0 Å². The van der Waals surface area contributed by atoms with E-state index in [2.05, 4.69) is 43.1 Å². The van der Waals surface area contributed by atoms with E-state index in [9.17, 15) is 9.59 Å². The van der Waals surface area contributed by atoms with Crippen LogP contribution in [0.1, 0.15) is 78.7 Å². The molecular weight excluding hydrogens is 472 g/mol. The molecule has 0 unspecified atom stereocenters. The minimum absolute atomic E-state index is 0.0244. The molecule has 1 saturated carbocycles. The zero-order valence-electron chi connectivity index (χ0n) is 23.1. The summed E-state index contributed by atoms with van der Waals surface area (Å²) in [5.41, 5.74) is 4.98. The third-order valence-corrected chi connectivity index (χ3v) is 8.00. The summed E-state index contributed by atoms with van der Waals surface area (Å²) < 4.78 is 1.79. The molecule has 1 N–H and O–H groups in total. The molecule has 1 amide bonds. The van der Waals surface area contributed by atoms with Crippen LogP contribution in [0.2, 0.25) is 5.02 Å². The highest BCUT2D eigenvalue weighted by atomic mass is 35.5. The van der Waals surface area contributed by atoms with Crippen LogP contribution >= 0.6 is 11.6 Å².